The van der Waals surface area contributed by atoms with E-state index in [1.54, 1.807) is 18.3 Å². The summed E-state index contributed by atoms with van der Waals surface area (Å²) in [7, 11) is 0. The number of nitrogens with zero attached hydrogens (tertiary/aromatic N) is 1. The van der Waals surface area contributed by atoms with Gasteiger partial charge in [0.2, 0.25) is 12.7 Å². The number of hydrogen-bond acceptors (Lipinski definition) is 4. The second kappa shape index (κ2) is 6.48. The zero-order valence-electron chi connectivity index (χ0n) is 12.5. The highest BCUT2D eigenvalue weighted by Crippen LogP contribution is 2.33. The Morgan fingerprint density at radius 3 is 2.70 bits per heavy atom. The average Bonchev–Trinajstić information content (AvgIpc) is 2.97. The lowest BCUT2D eigenvalue weighted by Crippen LogP contribution is -2.19. The van der Waals surface area contributed by atoms with E-state index >= 15 is 0 Å². The lowest BCUT2D eigenvalue weighted by atomic mass is 10.1. The molecule has 0 unspecified atom stereocenters. The van der Waals surface area contributed by atoms with Crippen molar-refractivity contribution in [3.63, 3.8) is 0 Å². The third-order valence-corrected chi connectivity index (χ3v) is 3.43. The minimum atomic E-state index is -0.328. The number of aryl methyl sites for hydroxylation is 1. The Bertz CT molecular complexity index is 757. The standard InChI is InChI=1S/C17H15FN2O3/c1-11-6-15-16(23-10-22-15)8-13(11)9-19-20-17(21)7-12-2-4-14(18)5-3-12/h2-6,8-9H,7,10H2,1H3,(H,20,21)/b19-9+. The molecule has 1 heterocycles. The van der Waals surface area contributed by atoms with Crippen molar-refractivity contribution < 1.29 is 18.7 Å². The fourth-order valence-electron chi connectivity index (χ4n) is 2.20. The number of hydrazone groups is 1. The number of fused-ring (bicyclic) bond motifs is 1. The molecule has 0 fully saturated rings. The molecule has 0 atom stereocenters. The molecule has 0 aliphatic carbocycles. The van der Waals surface area contributed by atoms with Crippen LogP contribution in [0.4, 0.5) is 4.39 Å². The van der Waals surface area contributed by atoms with Crippen molar-refractivity contribution in [2.45, 2.75) is 13.3 Å². The quantitative estimate of drug-likeness (QED) is 0.697. The number of carbonyl (C=O) groups excluding carboxylic acids is 1. The fraction of sp³-hybridized carbons (Fsp3) is 0.176. The Balaban J connectivity index is 1.60. The van der Waals surface area contributed by atoms with Gasteiger partial charge in [-0.15, -0.1) is 0 Å². The fourth-order valence-corrected chi connectivity index (χ4v) is 2.20. The van der Waals surface area contributed by atoms with Crippen LogP contribution >= 0.6 is 0 Å². The van der Waals surface area contributed by atoms with Gasteiger partial charge in [-0.05, 0) is 42.3 Å². The second-order valence-electron chi connectivity index (χ2n) is 5.16. The molecule has 5 nitrogen and oxygen atoms in total. The minimum Gasteiger partial charge on any atom is -0.454 e. The first-order valence-corrected chi connectivity index (χ1v) is 7.08. The largest absolute Gasteiger partial charge is 0.454 e. The summed E-state index contributed by atoms with van der Waals surface area (Å²) < 4.78 is 23.4. The van der Waals surface area contributed by atoms with Gasteiger partial charge in [0.15, 0.2) is 11.5 Å². The molecule has 0 saturated carbocycles. The topological polar surface area (TPSA) is 59.9 Å². The van der Waals surface area contributed by atoms with Gasteiger partial charge < -0.3 is 9.47 Å². The van der Waals surface area contributed by atoms with Crippen LogP contribution in [0.1, 0.15) is 16.7 Å². The third kappa shape index (κ3) is 3.66. The van der Waals surface area contributed by atoms with Crippen molar-refractivity contribution in [2.75, 3.05) is 6.79 Å². The number of rotatable bonds is 4. The van der Waals surface area contributed by atoms with E-state index in [-0.39, 0.29) is 24.9 Å². The van der Waals surface area contributed by atoms with Crippen LogP contribution < -0.4 is 14.9 Å². The van der Waals surface area contributed by atoms with Crippen LogP contribution in [0.3, 0.4) is 0 Å². The maximum absolute atomic E-state index is 12.8. The smallest absolute Gasteiger partial charge is 0.244 e. The minimum absolute atomic E-state index is 0.137. The zero-order valence-corrected chi connectivity index (χ0v) is 12.5. The lowest BCUT2D eigenvalue weighted by molar-refractivity contribution is -0.120. The Labute approximate surface area is 132 Å². The molecule has 0 spiro atoms. The van der Waals surface area contributed by atoms with Crippen molar-refractivity contribution in [1.82, 2.24) is 5.43 Å². The highest BCUT2D eigenvalue weighted by molar-refractivity contribution is 5.85. The molecule has 6 heteroatoms. The highest BCUT2D eigenvalue weighted by Gasteiger charge is 2.14. The second-order valence-corrected chi connectivity index (χ2v) is 5.16. The first-order valence-electron chi connectivity index (χ1n) is 7.08. The van der Waals surface area contributed by atoms with Crippen molar-refractivity contribution in [1.29, 1.82) is 0 Å². The lowest BCUT2D eigenvalue weighted by Gasteiger charge is -2.03. The number of amides is 1. The van der Waals surface area contributed by atoms with E-state index in [0.717, 1.165) is 16.7 Å². The van der Waals surface area contributed by atoms with Crippen LogP contribution in [-0.4, -0.2) is 18.9 Å². The van der Waals surface area contributed by atoms with Gasteiger partial charge in [0.1, 0.15) is 5.82 Å². The van der Waals surface area contributed by atoms with Crippen LogP contribution in [0.5, 0.6) is 11.5 Å². The summed E-state index contributed by atoms with van der Waals surface area (Å²) in [5, 5.41) is 3.95. The molecule has 1 N–H and O–H groups in total. The maximum atomic E-state index is 12.8. The molecule has 1 aliphatic heterocycles. The zero-order chi connectivity index (χ0) is 16.2. The van der Waals surface area contributed by atoms with Crippen LogP contribution in [0.15, 0.2) is 41.5 Å². The third-order valence-electron chi connectivity index (χ3n) is 3.43. The van der Waals surface area contributed by atoms with Crippen molar-refractivity contribution >= 4 is 12.1 Å². The summed E-state index contributed by atoms with van der Waals surface area (Å²) in [6.07, 6.45) is 1.69. The van der Waals surface area contributed by atoms with E-state index in [1.807, 2.05) is 19.1 Å². The molecule has 2 aromatic carbocycles. The number of ether oxygens (including phenoxy) is 2. The van der Waals surface area contributed by atoms with Gasteiger partial charge in [-0.3, -0.25) is 4.79 Å². The van der Waals surface area contributed by atoms with E-state index in [4.69, 9.17) is 9.47 Å². The van der Waals surface area contributed by atoms with Crippen LogP contribution in [0, 0.1) is 12.7 Å². The van der Waals surface area contributed by atoms with Gasteiger partial charge in [-0.2, -0.15) is 5.10 Å². The van der Waals surface area contributed by atoms with Gasteiger partial charge in [0.25, 0.3) is 0 Å². The monoisotopic (exact) mass is 314 g/mol. The average molecular weight is 314 g/mol. The molecular weight excluding hydrogens is 299 g/mol. The molecule has 118 valence electrons. The van der Waals surface area contributed by atoms with Gasteiger partial charge in [0, 0.05) is 5.56 Å². The molecule has 0 bridgehead atoms. The molecule has 2 aromatic rings. The van der Waals surface area contributed by atoms with E-state index in [2.05, 4.69) is 10.5 Å². The summed E-state index contributed by atoms with van der Waals surface area (Å²) in [6, 6.07) is 9.46. The SMILES string of the molecule is Cc1cc2c(cc1/C=N/NC(=O)Cc1ccc(F)cc1)OCO2. The molecule has 23 heavy (non-hydrogen) atoms. The first kappa shape index (κ1) is 15.0. The van der Waals surface area contributed by atoms with E-state index in [9.17, 15) is 9.18 Å². The van der Waals surface area contributed by atoms with Crippen molar-refractivity contribution in [2.24, 2.45) is 5.10 Å². The number of halogens is 1. The van der Waals surface area contributed by atoms with Crippen LogP contribution in [-0.2, 0) is 11.2 Å². The highest BCUT2D eigenvalue weighted by atomic mass is 19.1. The number of hydrogen-bond donors (Lipinski definition) is 1. The predicted molar refractivity (Wildman–Crippen MR) is 83.1 cm³/mol. The van der Waals surface area contributed by atoms with Crippen LogP contribution in [0.2, 0.25) is 0 Å². The molecule has 1 amide bonds. The van der Waals surface area contributed by atoms with E-state index < -0.39 is 0 Å². The van der Waals surface area contributed by atoms with Gasteiger partial charge in [0.05, 0.1) is 12.6 Å². The molecule has 0 saturated heterocycles. The Morgan fingerprint density at radius 1 is 1.26 bits per heavy atom. The predicted octanol–water partition coefficient (Wildman–Crippen LogP) is 2.56. The molecule has 0 aromatic heterocycles. The maximum Gasteiger partial charge on any atom is 0.244 e. The van der Waals surface area contributed by atoms with Crippen LogP contribution in [0.25, 0.3) is 0 Å². The molecule has 0 radical (unpaired) electrons. The summed E-state index contributed by atoms with van der Waals surface area (Å²) in [6.45, 7) is 2.13. The molecule has 3 rings (SSSR count). The Kier molecular flexibility index (Phi) is 4.23. The van der Waals surface area contributed by atoms with E-state index in [1.165, 1.54) is 12.1 Å². The van der Waals surface area contributed by atoms with Crippen molar-refractivity contribution in [3.8, 4) is 11.5 Å². The van der Waals surface area contributed by atoms with Gasteiger partial charge in [-0.25, -0.2) is 9.82 Å². The number of carbonyl (C=O) groups is 1. The normalized spacial score (nSPS) is 12.6. The van der Waals surface area contributed by atoms with Crippen molar-refractivity contribution in [3.05, 3.63) is 58.9 Å². The summed E-state index contributed by atoms with van der Waals surface area (Å²) in [4.78, 5) is 11.8. The summed E-state index contributed by atoms with van der Waals surface area (Å²) in [5.41, 5.74) is 4.97. The Morgan fingerprint density at radius 2 is 1.96 bits per heavy atom. The Hall–Kier alpha value is -2.89. The molecular formula is C17H15FN2O3. The van der Waals surface area contributed by atoms with E-state index in [0.29, 0.717) is 11.5 Å². The summed E-state index contributed by atoms with van der Waals surface area (Å²) >= 11 is 0. The molecule has 1 aliphatic rings. The first-order chi connectivity index (χ1) is 11.1. The number of nitrogens with one attached hydrogen (secondary N) is 1. The summed E-state index contributed by atoms with van der Waals surface area (Å²) in [5.74, 6) is 0.770. The van der Waals surface area contributed by atoms with Gasteiger partial charge >= 0.3 is 0 Å². The van der Waals surface area contributed by atoms with Gasteiger partial charge in [-0.1, -0.05) is 12.1 Å². The number of benzene rings is 2.